The van der Waals surface area contributed by atoms with Crippen molar-refractivity contribution in [1.82, 2.24) is 0 Å². The first-order valence-corrected chi connectivity index (χ1v) is 7.66. The first-order valence-electron chi connectivity index (χ1n) is 7.28. The van der Waals surface area contributed by atoms with Gasteiger partial charge in [-0.05, 0) is 42.5 Å². The number of nitrogens with one attached hydrogen (secondary N) is 2. The first-order chi connectivity index (χ1) is 11.0. The number of rotatable bonds is 7. The lowest BCUT2D eigenvalue weighted by atomic mass is 10.3. The van der Waals surface area contributed by atoms with E-state index in [0.717, 1.165) is 10.6 Å². The molecule has 0 saturated heterocycles. The highest BCUT2D eigenvalue weighted by molar-refractivity contribution is 6.30. The van der Waals surface area contributed by atoms with Gasteiger partial charge in [0.15, 0.2) is 6.54 Å². The van der Waals surface area contributed by atoms with E-state index in [4.69, 9.17) is 16.3 Å². The summed E-state index contributed by atoms with van der Waals surface area (Å²) in [4.78, 5) is 12.9. The van der Waals surface area contributed by atoms with Crippen LogP contribution in [0, 0.1) is 5.82 Å². The summed E-state index contributed by atoms with van der Waals surface area (Å²) in [6, 6.07) is 13.0. The minimum atomic E-state index is -0.375. The molecule has 2 aromatic carbocycles. The molecular formula is C17H19ClFN2O2+. The summed E-state index contributed by atoms with van der Waals surface area (Å²) in [5, 5.41) is 3.33. The maximum absolute atomic E-state index is 13.1. The van der Waals surface area contributed by atoms with Gasteiger partial charge in [0, 0.05) is 10.7 Å². The molecule has 0 aliphatic heterocycles. The highest BCUT2D eigenvalue weighted by Gasteiger charge is 2.10. The lowest BCUT2D eigenvalue weighted by Crippen LogP contribution is -3.10. The Morgan fingerprint density at radius 3 is 2.70 bits per heavy atom. The molecule has 122 valence electrons. The number of anilines is 1. The number of carbonyl (C=O) groups excluding carboxylic acids is 1. The maximum atomic E-state index is 13.1. The van der Waals surface area contributed by atoms with Crippen LogP contribution in [0.5, 0.6) is 5.75 Å². The number of quaternary nitrogens is 1. The number of ether oxygens (including phenoxy) is 1. The standard InChI is InChI=1S/C17H18ClFN2O2/c1-21(9-10-23-16-7-5-13(18)6-8-16)12-17(22)20-15-4-2-3-14(19)11-15/h2-8,11H,9-10,12H2,1H3,(H,20,22)/p+1. The Hall–Kier alpha value is -2.11. The van der Waals surface area contributed by atoms with Crippen LogP contribution in [0.1, 0.15) is 0 Å². The van der Waals surface area contributed by atoms with Crippen molar-refractivity contribution >= 4 is 23.2 Å². The Morgan fingerprint density at radius 2 is 2.00 bits per heavy atom. The second kappa shape index (κ2) is 8.50. The van der Waals surface area contributed by atoms with Crippen molar-refractivity contribution in [3.8, 4) is 5.75 Å². The maximum Gasteiger partial charge on any atom is 0.279 e. The van der Waals surface area contributed by atoms with Crippen molar-refractivity contribution in [1.29, 1.82) is 0 Å². The fourth-order valence-corrected chi connectivity index (χ4v) is 2.13. The van der Waals surface area contributed by atoms with Crippen LogP contribution in [-0.2, 0) is 4.79 Å². The molecular weight excluding hydrogens is 319 g/mol. The molecule has 1 amide bonds. The Balaban J connectivity index is 1.70. The molecule has 0 radical (unpaired) electrons. The summed E-state index contributed by atoms with van der Waals surface area (Å²) in [7, 11) is 1.90. The molecule has 0 aromatic heterocycles. The molecule has 2 rings (SSSR count). The van der Waals surface area contributed by atoms with Gasteiger partial charge >= 0.3 is 0 Å². The summed E-state index contributed by atoms with van der Waals surface area (Å²) in [5.74, 6) is 0.200. The number of carbonyl (C=O) groups is 1. The van der Waals surface area contributed by atoms with Crippen LogP contribution >= 0.6 is 11.6 Å². The van der Waals surface area contributed by atoms with E-state index in [1.165, 1.54) is 12.1 Å². The van der Waals surface area contributed by atoms with E-state index in [1.807, 2.05) is 7.05 Å². The molecule has 0 bridgehead atoms. The van der Waals surface area contributed by atoms with Gasteiger partial charge in [-0.25, -0.2) is 4.39 Å². The van der Waals surface area contributed by atoms with Gasteiger partial charge < -0.3 is 15.0 Å². The highest BCUT2D eigenvalue weighted by atomic mass is 35.5. The highest BCUT2D eigenvalue weighted by Crippen LogP contribution is 2.15. The molecule has 0 spiro atoms. The van der Waals surface area contributed by atoms with E-state index in [2.05, 4.69) is 5.32 Å². The lowest BCUT2D eigenvalue weighted by Gasteiger charge is -2.14. The fourth-order valence-electron chi connectivity index (χ4n) is 2.01. The molecule has 1 unspecified atom stereocenters. The smallest absolute Gasteiger partial charge is 0.279 e. The average molecular weight is 338 g/mol. The molecule has 0 aliphatic rings. The summed E-state index contributed by atoms with van der Waals surface area (Å²) >= 11 is 5.80. The van der Waals surface area contributed by atoms with Crippen LogP contribution < -0.4 is 15.0 Å². The molecule has 1 atom stereocenters. The normalized spacial score (nSPS) is 11.8. The third-order valence-electron chi connectivity index (χ3n) is 3.18. The van der Waals surface area contributed by atoms with Crippen molar-refractivity contribution < 1.29 is 18.8 Å². The van der Waals surface area contributed by atoms with Crippen LogP contribution in [0.15, 0.2) is 48.5 Å². The summed E-state index contributed by atoms with van der Waals surface area (Å²) in [6.07, 6.45) is 0. The molecule has 2 N–H and O–H groups in total. The minimum Gasteiger partial charge on any atom is -0.488 e. The van der Waals surface area contributed by atoms with E-state index < -0.39 is 0 Å². The Kier molecular flexibility index (Phi) is 6.38. The van der Waals surface area contributed by atoms with Crippen molar-refractivity contribution in [3.63, 3.8) is 0 Å². The van der Waals surface area contributed by atoms with Gasteiger partial charge in [0.05, 0.1) is 7.05 Å². The largest absolute Gasteiger partial charge is 0.488 e. The molecule has 0 aliphatic carbocycles. The van der Waals surface area contributed by atoms with E-state index in [-0.39, 0.29) is 18.3 Å². The third-order valence-corrected chi connectivity index (χ3v) is 3.43. The van der Waals surface area contributed by atoms with Crippen LogP contribution in [0.3, 0.4) is 0 Å². The molecule has 2 aromatic rings. The zero-order valence-corrected chi connectivity index (χ0v) is 13.6. The lowest BCUT2D eigenvalue weighted by molar-refractivity contribution is -0.871. The van der Waals surface area contributed by atoms with Gasteiger partial charge in [0.1, 0.15) is 24.7 Å². The number of hydrogen-bond donors (Lipinski definition) is 2. The molecule has 0 heterocycles. The monoisotopic (exact) mass is 337 g/mol. The number of halogens is 2. The van der Waals surface area contributed by atoms with Gasteiger partial charge in [-0.2, -0.15) is 0 Å². The van der Waals surface area contributed by atoms with Crippen molar-refractivity contribution in [2.75, 3.05) is 32.1 Å². The summed E-state index contributed by atoms with van der Waals surface area (Å²) in [5.41, 5.74) is 0.459. The SMILES string of the molecule is C[NH+](CCOc1ccc(Cl)cc1)CC(=O)Nc1cccc(F)c1. The number of hydrogen-bond acceptors (Lipinski definition) is 2. The molecule has 4 nitrogen and oxygen atoms in total. The molecule has 0 fully saturated rings. The second-order valence-electron chi connectivity index (χ2n) is 5.24. The van der Waals surface area contributed by atoms with Gasteiger partial charge in [-0.3, -0.25) is 4.79 Å². The Morgan fingerprint density at radius 1 is 1.26 bits per heavy atom. The predicted molar refractivity (Wildman–Crippen MR) is 88.6 cm³/mol. The summed E-state index contributed by atoms with van der Waals surface area (Å²) < 4.78 is 18.6. The van der Waals surface area contributed by atoms with Crippen molar-refractivity contribution in [2.24, 2.45) is 0 Å². The second-order valence-corrected chi connectivity index (χ2v) is 5.68. The molecule has 0 saturated carbocycles. The van der Waals surface area contributed by atoms with Crippen LogP contribution in [-0.4, -0.2) is 32.7 Å². The zero-order valence-electron chi connectivity index (χ0n) is 12.8. The van der Waals surface area contributed by atoms with Crippen molar-refractivity contribution in [2.45, 2.75) is 0 Å². The van der Waals surface area contributed by atoms with Crippen molar-refractivity contribution in [3.05, 3.63) is 59.4 Å². The Bertz CT molecular complexity index is 649. The fraction of sp³-hybridized carbons (Fsp3) is 0.235. The van der Waals surface area contributed by atoms with Gasteiger partial charge in [0.25, 0.3) is 5.91 Å². The number of likely N-dealkylation sites (N-methyl/N-ethyl adjacent to an activating group) is 1. The van der Waals surface area contributed by atoms with E-state index in [0.29, 0.717) is 23.9 Å². The van der Waals surface area contributed by atoms with Crippen LogP contribution in [0.2, 0.25) is 5.02 Å². The van der Waals surface area contributed by atoms with Gasteiger partial charge in [-0.15, -0.1) is 0 Å². The van der Waals surface area contributed by atoms with E-state index in [9.17, 15) is 9.18 Å². The third kappa shape index (κ3) is 6.26. The van der Waals surface area contributed by atoms with Gasteiger partial charge in [-0.1, -0.05) is 17.7 Å². The Labute approximate surface area is 139 Å². The quantitative estimate of drug-likeness (QED) is 0.811. The molecule has 6 heteroatoms. The topological polar surface area (TPSA) is 42.8 Å². The van der Waals surface area contributed by atoms with Crippen LogP contribution in [0.25, 0.3) is 0 Å². The van der Waals surface area contributed by atoms with Crippen LogP contribution in [0.4, 0.5) is 10.1 Å². The van der Waals surface area contributed by atoms with E-state index in [1.54, 1.807) is 36.4 Å². The number of benzene rings is 2. The molecule has 23 heavy (non-hydrogen) atoms. The zero-order chi connectivity index (χ0) is 16.7. The summed E-state index contributed by atoms with van der Waals surface area (Å²) in [6.45, 7) is 1.43. The average Bonchev–Trinajstić information content (AvgIpc) is 2.49. The minimum absolute atomic E-state index is 0.167. The predicted octanol–water partition coefficient (Wildman–Crippen LogP) is 2.01. The van der Waals surface area contributed by atoms with E-state index >= 15 is 0 Å². The van der Waals surface area contributed by atoms with Gasteiger partial charge in [0.2, 0.25) is 0 Å². The number of amides is 1. The first kappa shape index (κ1) is 17.2.